The van der Waals surface area contributed by atoms with Crippen LogP contribution in [0.5, 0.6) is 0 Å². The Morgan fingerprint density at radius 2 is 2.50 bits per heavy atom. The van der Waals surface area contributed by atoms with Crippen LogP contribution < -0.4 is 10.4 Å². The minimum Gasteiger partial charge on any atom is -0.544 e. The molecule has 0 aromatic carbocycles. The average molecular weight is 205 g/mol. The molecule has 2 saturated heterocycles. The molecule has 2 heterocycles. The summed E-state index contributed by atoms with van der Waals surface area (Å²) in [6, 6.07) is -0.311. The Morgan fingerprint density at radius 3 is 3.00 bits per heavy atom. The van der Waals surface area contributed by atoms with Gasteiger partial charge < -0.3 is 15.2 Å². The van der Waals surface area contributed by atoms with Crippen molar-refractivity contribution in [2.45, 2.75) is 17.3 Å². The van der Waals surface area contributed by atoms with Gasteiger partial charge in [0.15, 0.2) is 4.87 Å². The van der Waals surface area contributed by atoms with Crippen LogP contribution in [0.25, 0.3) is 0 Å². The fourth-order valence-corrected chi connectivity index (χ4v) is 4.86. The number of quaternary nitrogens is 1. The molecule has 0 amide bonds. The number of hydrogen-bond donors (Lipinski definition) is 1. The fraction of sp³-hybridized carbons (Fsp3) is 0.857. The molecule has 1 spiro atoms. The lowest BCUT2D eigenvalue weighted by Gasteiger charge is -2.18. The summed E-state index contributed by atoms with van der Waals surface area (Å²) < 4.78 is 0. The van der Waals surface area contributed by atoms with Crippen LogP contribution in [0.1, 0.15) is 6.42 Å². The molecule has 0 aromatic rings. The fourth-order valence-electron chi connectivity index (χ4n) is 1.66. The van der Waals surface area contributed by atoms with Gasteiger partial charge in [0, 0.05) is 12.2 Å². The predicted molar refractivity (Wildman–Crippen MR) is 47.9 cm³/mol. The van der Waals surface area contributed by atoms with Gasteiger partial charge in [-0.15, -0.1) is 0 Å². The molecule has 2 aliphatic heterocycles. The summed E-state index contributed by atoms with van der Waals surface area (Å²) in [6.45, 7) is 0. The van der Waals surface area contributed by atoms with E-state index >= 15 is 0 Å². The first-order valence-corrected chi connectivity index (χ1v) is 6.14. The number of carboxylic acid groups (broad SMARTS) is 1. The number of hydrogen-bond acceptors (Lipinski definition) is 4. The number of rotatable bonds is 1. The van der Waals surface area contributed by atoms with Crippen LogP contribution >= 0.6 is 23.5 Å². The number of carboxylic acids is 1. The molecular formula is C7H11NO2S2. The highest BCUT2D eigenvalue weighted by Gasteiger charge is 2.46. The van der Waals surface area contributed by atoms with E-state index in [4.69, 9.17) is 0 Å². The molecule has 0 aromatic heterocycles. The third kappa shape index (κ3) is 1.45. The molecule has 68 valence electrons. The normalized spacial score (nSPS) is 40.8. The number of carbonyl (C=O) groups is 1. The van der Waals surface area contributed by atoms with Gasteiger partial charge in [0.25, 0.3) is 0 Å². The Bertz CT molecular complexity index is 204. The van der Waals surface area contributed by atoms with Crippen molar-refractivity contribution in [3.8, 4) is 0 Å². The second-order valence-corrected chi connectivity index (χ2v) is 5.81. The highest BCUT2D eigenvalue weighted by atomic mass is 32.2. The SMILES string of the molecule is O=C([O-])[C@H]1CS[C@]2(CCSC2)[NH2+]1. The van der Waals surface area contributed by atoms with E-state index in [-0.39, 0.29) is 10.9 Å². The van der Waals surface area contributed by atoms with Gasteiger partial charge in [0.1, 0.15) is 12.0 Å². The van der Waals surface area contributed by atoms with E-state index in [0.29, 0.717) is 5.75 Å². The molecule has 12 heavy (non-hydrogen) atoms. The Labute approximate surface area is 79.7 Å². The first-order chi connectivity index (χ1) is 5.72. The van der Waals surface area contributed by atoms with Crippen molar-refractivity contribution in [3.05, 3.63) is 0 Å². The summed E-state index contributed by atoms with van der Waals surface area (Å²) in [6.07, 6.45) is 1.13. The number of carbonyl (C=O) groups excluding carboxylic acids is 1. The van der Waals surface area contributed by atoms with Crippen molar-refractivity contribution in [1.29, 1.82) is 0 Å². The molecule has 2 aliphatic rings. The second-order valence-electron chi connectivity index (χ2n) is 3.27. The minimum absolute atomic E-state index is 0.176. The van der Waals surface area contributed by atoms with E-state index in [1.165, 1.54) is 5.75 Å². The van der Waals surface area contributed by atoms with E-state index in [1.54, 1.807) is 11.8 Å². The van der Waals surface area contributed by atoms with Crippen molar-refractivity contribution in [2.75, 3.05) is 17.3 Å². The van der Waals surface area contributed by atoms with Gasteiger partial charge >= 0.3 is 0 Å². The lowest BCUT2D eigenvalue weighted by molar-refractivity contribution is -0.712. The first-order valence-electron chi connectivity index (χ1n) is 4.00. The van der Waals surface area contributed by atoms with Crippen molar-refractivity contribution in [1.82, 2.24) is 0 Å². The predicted octanol–water partition coefficient (Wildman–Crippen LogP) is -1.75. The van der Waals surface area contributed by atoms with Crippen LogP contribution in [0, 0.1) is 0 Å². The zero-order valence-corrected chi connectivity index (χ0v) is 8.25. The van der Waals surface area contributed by atoms with E-state index in [2.05, 4.69) is 0 Å². The zero-order valence-electron chi connectivity index (χ0n) is 6.62. The maximum Gasteiger partial charge on any atom is 0.153 e. The van der Waals surface area contributed by atoms with Gasteiger partial charge in [0.2, 0.25) is 0 Å². The monoisotopic (exact) mass is 205 g/mol. The Balaban J connectivity index is 2.01. The van der Waals surface area contributed by atoms with E-state index < -0.39 is 5.97 Å². The highest BCUT2D eigenvalue weighted by molar-refractivity contribution is 8.04. The van der Waals surface area contributed by atoms with Gasteiger partial charge in [-0.2, -0.15) is 11.8 Å². The van der Waals surface area contributed by atoms with E-state index in [1.807, 2.05) is 17.1 Å². The second kappa shape index (κ2) is 3.12. The van der Waals surface area contributed by atoms with Gasteiger partial charge in [-0.25, -0.2) is 0 Å². The molecular weight excluding hydrogens is 194 g/mol. The van der Waals surface area contributed by atoms with Crippen LogP contribution in [0.4, 0.5) is 0 Å². The minimum atomic E-state index is -0.906. The molecule has 0 radical (unpaired) electrons. The highest BCUT2D eigenvalue weighted by Crippen LogP contribution is 2.36. The number of aliphatic carboxylic acids is 1. The topological polar surface area (TPSA) is 56.7 Å². The third-order valence-electron chi connectivity index (χ3n) is 2.37. The zero-order chi connectivity index (χ0) is 8.60. The summed E-state index contributed by atoms with van der Waals surface area (Å²) in [5.41, 5.74) is 0. The van der Waals surface area contributed by atoms with Crippen LogP contribution in [-0.2, 0) is 4.79 Å². The van der Waals surface area contributed by atoms with Crippen molar-refractivity contribution in [2.24, 2.45) is 0 Å². The Kier molecular flexibility index (Phi) is 2.27. The molecule has 2 atom stereocenters. The molecule has 0 aliphatic carbocycles. The molecule has 2 rings (SSSR count). The van der Waals surface area contributed by atoms with Gasteiger partial charge in [-0.05, 0) is 0 Å². The lowest BCUT2D eigenvalue weighted by Crippen LogP contribution is -2.99. The number of nitrogens with two attached hydrogens (primary N) is 1. The standard InChI is InChI=1S/C7H11NO2S2/c9-6(10)5-3-12-7(8-5)1-2-11-4-7/h5,8H,1-4H2,(H,9,10)/t5-,7+/m1/s1. The van der Waals surface area contributed by atoms with Crippen LogP contribution in [0.3, 0.4) is 0 Å². The molecule has 2 fully saturated rings. The average Bonchev–Trinajstić information content (AvgIpc) is 2.62. The Morgan fingerprint density at radius 1 is 1.67 bits per heavy atom. The lowest BCUT2D eigenvalue weighted by atomic mass is 10.2. The van der Waals surface area contributed by atoms with Crippen LogP contribution in [0.2, 0.25) is 0 Å². The summed E-state index contributed by atoms with van der Waals surface area (Å²) >= 11 is 3.71. The van der Waals surface area contributed by atoms with Gasteiger partial charge in [0.05, 0.1) is 11.5 Å². The van der Waals surface area contributed by atoms with E-state index in [0.717, 1.165) is 12.2 Å². The molecule has 2 N–H and O–H groups in total. The van der Waals surface area contributed by atoms with E-state index in [9.17, 15) is 9.90 Å². The number of thioether (sulfide) groups is 2. The first kappa shape index (κ1) is 8.72. The molecule has 0 saturated carbocycles. The summed E-state index contributed by atoms with van der Waals surface area (Å²) in [5, 5.41) is 12.6. The largest absolute Gasteiger partial charge is 0.544 e. The quantitative estimate of drug-likeness (QED) is 0.551. The molecule has 0 bridgehead atoms. The summed E-state index contributed by atoms with van der Waals surface area (Å²) in [7, 11) is 0. The summed E-state index contributed by atoms with van der Waals surface area (Å²) in [4.78, 5) is 10.8. The molecule has 0 unspecified atom stereocenters. The third-order valence-corrected chi connectivity index (χ3v) is 5.35. The van der Waals surface area contributed by atoms with Crippen LogP contribution in [-0.4, -0.2) is 34.1 Å². The van der Waals surface area contributed by atoms with Gasteiger partial charge in [-0.3, -0.25) is 0 Å². The molecule has 5 heteroatoms. The van der Waals surface area contributed by atoms with Crippen molar-refractivity contribution < 1.29 is 15.2 Å². The molecule has 3 nitrogen and oxygen atoms in total. The van der Waals surface area contributed by atoms with Crippen LogP contribution in [0.15, 0.2) is 0 Å². The van der Waals surface area contributed by atoms with Gasteiger partial charge in [-0.1, -0.05) is 11.8 Å². The van der Waals surface area contributed by atoms with Crippen molar-refractivity contribution >= 4 is 29.5 Å². The smallest absolute Gasteiger partial charge is 0.153 e. The summed E-state index contributed by atoms with van der Waals surface area (Å²) in [5.74, 6) is 2.06. The maximum absolute atomic E-state index is 10.6. The van der Waals surface area contributed by atoms with Crippen molar-refractivity contribution in [3.63, 3.8) is 0 Å². The maximum atomic E-state index is 10.6. The Hall–Kier alpha value is 0.130.